The van der Waals surface area contributed by atoms with Gasteiger partial charge in [0.15, 0.2) is 0 Å². The van der Waals surface area contributed by atoms with Crippen LogP contribution in [0.25, 0.3) is 0 Å². The zero-order chi connectivity index (χ0) is 18.1. The lowest BCUT2D eigenvalue weighted by Gasteiger charge is -2.18. The van der Waals surface area contributed by atoms with Crippen LogP contribution >= 0.6 is 0 Å². The topological polar surface area (TPSA) is 91.7 Å². The maximum absolute atomic E-state index is 12.0. The fourth-order valence-electron chi connectivity index (χ4n) is 2.08. The third-order valence-electron chi connectivity index (χ3n) is 3.39. The largest absolute Gasteiger partial charge is 0.272 e. The van der Waals surface area contributed by atoms with Crippen LogP contribution in [0.5, 0.6) is 0 Å². The molecular weight excluding hydrogens is 340 g/mol. The molecule has 0 aliphatic heterocycles. The maximum atomic E-state index is 12.0. The maximum Gasteiger partial charge on any atom is 0.255 e. The summed E-state index contributed by atoms with van der Waals surface area (Å²) < 4.78 is 24.9. The number of hydrazone groups is 1. The second-order valence-electron chi connectivity index (χ2n) is 5.41. The fourth-order valence-corrected chi connectivity index (χ4v) is 2.86. The second kappa shape index (κ2) is 9.05. The molecule has 0 unspecified atom stereocenters. The summed E-state index contributed by atoms with van der Waals surface area (Å²) in [7, 11) is -3.49. The minimum atomic E-state index is -3.49. The van der Waals surface area contributed by atoms with Crippen LogP contribution < -0.4 is 5.43 Å². The van der Waals surface area contributed by atoms with Crippen molar-refractivity contribution in [2.24, 2.45) is 5.10 Å². The molecule has 1 amide bonds. The lowest BCUT2D eigenvalue weighted by molar-refractivity contribution is -0.121. The monoisotopic (exact) mass is 360 g/mol. The molecule has 1 N–H and O–H groups in total. The van der Waals surface area contributed by atoms with Crippen molar-refractivity contribution in [2.45, 2.75) is 6.42 Å². The Morgan fingerprint density at radius 1 is 1.20 bits per heavy atom. The molecule has 2 aromatic rings. The summed E-state index contributed by atoms with van der Waals surface area (Å²) in [6.07, 6.45) is 6.30. The van der Waals surface area contributed by atoms with Crippen LogP contribution in [0.3, 0.4) is 0 Å². The van der Waals surface area contributed by atoms with E-state index in [-0.39, 0.29) is 13.1 Å². The molecule has 0 fully saturated rings. The summed E-state index contributed by atoms with van der Waals surface area (Å²) >= 11 is 0. The number of amides is 1. The van der Waals surface area contributed by atoms with Gasteiger partial charge >= 0.3 is 0 Å². The zero-order valence-corrected chi connectivity index (χ0v) is 14.7. The average Bonchev–Trinajstić information content (AvgIpc) is 2.59. The van der Waals surface area contributed by atoms with E-state index in [9.17, 15) is 13.2 Å². The summed E-state index contributed by atoms with van der Waals surface area (Å²) in [6.45, 7) is -0.0519. The molecule has 1 aromatic heterocycles. The molecule has 0 aliphatic carbocycles. The number of rotatable bonds is 8. The van der Waals surface area contributed by atoms with Crippen molar-refractivity contribution in [1.82, 2.24) is 14.7 Å². The fraction of sp³-hybridized carbons (Fsp3) is 0.235. The Morgan fingerprint density at radius 2 is 1.88 bits per heavy atom. The first-order valence-corrected chi connectivity index (χ1v) is 9.51. The van der Waals surface area contributed by atoms with Crippen LogP contribution in [-0.2, 0) is 21.2 Å². The highest BCUT2D eigenvalue weighted by atomic mass is 32.2. The van der Waals surface area contributed by atoms with Gasteiger partial charge in [-0.2, -0.15) is 9.41 Å². The van der Waals surface area contributed by atoms with Crippen molar-refractivity contribution >= 4 is 22.1 Å². The van der Waals surface area contributed by atoms with Gasteiger partial charge in [0.25, 0.3) is 5.91 Å². The Labute approximate surface area is 147 Å². The first-order chi connectivity index (χ1) is 11.9. The predicted octanol–water partition coefficient (Wildman–Crippen LogP) is 1.04. The number of hydrogen-bond donors (Lipinski definition) is 1. The number of nitrogens with zero attached hydrogens (tertiary/aromatic N) is 3. The van der Waals surface area contributed by atoms with E-state index in [1.807, 2.05) is 30.3 Å². The van der Waals surface area contributed by atoms with Crippen molar-refractivity contribution in [3.8, 4) is 0 Å². The lowest BCUT2D eigenvalue weighted by Crippen LogP contribution is -2.40. The van der Waals surface area contributed by atoms with E-state index in [1.54, 1.807) is 24.5 Å². The summed E-state index contributed by atoms with van der Waals surface area (Å²) in [6, 6.07) is 13.0. The van der Waals surface area contributed by atoms with Gasteiger partial charge in [-0.15, -0.1) is 0 Å². The van der Waals surface area contributed by atoms with E-state index in [0.29, 0.717) is 6.42 Å². The van der Waals surface area contributed by atoms with Crippen LogP contribution in [-0.4, -0.2) is 49.2 Å². The highest BCUT2D eigenvalue weighted by Gasteiger charge is 2.19. The van der Waals surface area contributed by atoms with Crippen LogP contribution in [0.15, 0.2) is 60.0 Å². The van der Waals surface area contributed by atoms with Gasteiger partial charge in [-0.1, -0.05) is 30.3 Å². The molecule has 132 valence electrons. The highest BCUT2D eigenvalue weighted by Crippen LogP contribution is 2.04. The SMILES string of the molecule is CS(=O)(=O)N(CCc1ccccc1)CC(=O)NN=Cc1ccncc1. The van der Waals surface area contributed by atoms with Crippen LogP contribution in [0.4, 0.5) is 0 Å². The molecule has 0 atom stereocenters. The van der Waals surface area contributed by atoms with Gasteiger partial charge in [0.1, 0.15) is 0 Å². The Hall–Kier alpha value is -2.58. The lowest BCUT2D eigenvalue weighted by atomic mass is 10.1. The molecule has 1 heterocycles. The quantitative estimate of drug-likeness (QED) is 0.562. The molecular formula is C17H20N4O3S. The number of nitrogens with one attached hydrogen (secondary N) is 1. The van der Waals surface area contributed by atoms with E-state index >= 15 is 0 Å². The summed E-state index contributed by atoms with van der Waals surface area (Å²) in [5, 5.41) is 3.82. The number of pyridine rings is 1. The molecule has 0 saturated heterocycles. The molecule has 0 saturated carbocycles. The predicted molar refractivity (Wildman–Crippen MR) is 96.5 cm³/mol. The molecule has 0 aliphatic rings. The van der Waals surface area contributed by atoms with E-state index in [1.165, 1.54) is 6.21 Å². The zero-order valence-electron chi connectivity index (χ0n) is 13.9. The van der Waals surface area contributed by atoms with Crippen LogP contribution in [0.2, 0.25) is 0 Å². The standard InChI is InChI=1S/C17H20N4O3S/c1-25(23,24)21(12-9-15-5-3-2-4-6-15)14-17(22)20-19-13-16-7-10-18-11-8-16/h2-8,10-11,13H,9,12,14H2,1H3,(H,20,22). The molecule has 0 spiro atoms. The second-order valence-corrected chi connectivity index (χ2v) is 7.39. The van der Waals surface area contributed by atoms with E-state index in [2.05, 4.69) is 15.5 Å². The smallest absolute Gasteiger partial charge is 0.255 e. The van der Waals surface area contributed by atoms with Gasteiger partial charge in [0.05, 0.1) is 19.0 Å². The van der Waals surface area contributed by atoms with E-state index in [0.717, 1.165) is 21.7 Å². The highest BCUT2D eigenvalue weighted by molar-refractivity contribution is 7.88. The average molecular weight is 360 g/mol. The molecule has 7 nitrogen and oxygen atoms in total. The summed E-state index contributed by atoms with van der Waals surface area (Å²) in [4.78, 5) is 15.8. The first kappa shape index (κ1) is 18.8. The summed E-state index contributed by atoms with van der Waals surface area (Å²) in [5.41, 5.74) is 4.12. The van der Waals surface area contributed by atoms with Gasteiger partial charge in [0, 0.05) is 18.9 Å². The van der Waals surface area contributed by atoms with Gasteiger partial charge in [-0.05, 0) is 29.7 Å². The third kappa shape index (κ3) is 6.82. The molecule has 25 heavy (non-hydrogen) atoms. The molecule has 0 radical (unpaired) electrons. The Kier molecular flexibility index (Phi) is 6.79. The number of hydrogen-bond acceptors (Lipinski definition) is 5. The van der Waals surface area contributed by atoms with Crippen molar-refractivity contribution in [2.75, 3.05) is 19.3 Å². The number of carbonyl (C=O) groups is 1. The number of sulfonamides is 1. The Morgan fingerprint density at radius 3 is 2.52 bits per heavy atom. The first-order valence-electron chi connectivity index (χ1n) is 7.66. The van der Waals surface area contributed by atoms with Crippen molar-refractivity contribution in [1.29, 1.82) is 0 Å². The van der Waals surface area contributed by atoms with Crippen LogP contribution in [0, 0.1) is 0 Å². The van der Waals surface area contributed by atoms with Crippen molar-refractivity contribution in [3.05, 3.63) is 66.0 Å². The molecule has 2 rings (SSSR count). The third-order valence-corrected chi connectivity index (χ3v) is 4.64. The van der Waals surface area contributed by atoms with Gasteiger partial charge in [0.2, 0.25) is 10.0 Å². The Bertz CT molecular complexity index is 808. The van der Waals surface area contributed by atoms with E-state index < -0.39 is 15.9 Å². The minimum Gasteiger partial charge on any atom is -0.272 e. The number of carbonyl (C=O) groups excluding carboxylic acids is 1. The van der Waals surface area contributed by atoms with Gasteiger partial charge in [-0.25, -0.2) is 13.8 Å². The van der Waals surface area contributed by atoms with Gasteiger partial charge in [-0.3, -0.25) is 9.78 Å². The van der Waals surface area contributed by atoms with Crippen molar-refractivity contribution < 1.29 is 13.2 Å². The number of aromatic nitrogens is 1. The Balaban J connectivity index is 1.90. The van der Waals surface area contributed by atoms with E-state index in [4.69, 9.17) is 0 Å². The molecule has 1 aromatic carbocycles. The molecule has 0 bridgehead atoms. The number of benzene rings is 1. The van der Waals surface area contributed by atoms with Gasteiger partial charge < -0.3 is 0 Å². The molecule has 8 heteroatoms. The van der Waals surface area contributed by atoms with Crippen molar-refractivity contribution in [3.63, 3.8) is 0 Å². The summed E-state index contributed by atoms with van der Waals surface area (Å²) in [5.74, 6) is -0.496. The normalized spacial score (nSPS) is 11.8. The minimum absolute atomic E-state index is 0.227. The van der Waals surface area contributed by atoms with Crippen LogP contribution in [0.1, 0.15) is 11.1 Å².